The zero-order valence-corrected chi connectivity index (χ0v) is 18.1. The van der Waals surface area contributed by atoms with Crippen LogP contribution in [0.3, 0.4) is 0 Å². The molecule has 2 aliphatic rings. The van der Waals surface area contributed by atoms with E-state index in [4.69, 9.17) is 16.5 Å². The molecule has 0 aromatic heterocycles. The molecule has 0 amide bonds. The van der Waals surface area contributed by atoms with Gasteiger partial charge < -0.3 is 16.8 Å². The van der Waals surface area contributed by atoms with Gasteiger partial charge in [0.2, 0.25) is 0 Å². The number of halogens is 1. The lowest BCUT2D eigenvalue weighted by atomic mass is 10.0. The van der Waals surface area contributed by atoms with Gasteiger partial charge in [-0.1, -0.05) is 48.5 Å². The summed E-state index contributed by atoms with van der Waals surface area (Å²) in [4.78, 5) is 9.35. The molecular formula is C27H24FN5. The van der Waals surface area contributed by atoms with Crippen LogP contribution in [-0.4, -0.2) is 11.5 Å². The highest BCUT2D eigenvalue weighted by molar-refractivity contribution is 6.15. The van der Waals surface area contributed by atoms with E-state index >= 15 is 0 Å². The minimum Gasteiger partial charge on any atom is -0.398 e. The molecule has 1 fully saturated rings. The molecule has 5 rings (SSSR count). The first-order valence-electron chi connectivity index (χ1n) is 10.9. The number of amidine groups is 1. The number of benzene rings is 3. The van der Waals surface area contributed by atoms with E-state index in [2.05, 4.69) is 22.4 Å². The summed E-state index contributed by atoms with van der Waals surface area (Å²) in [5, 5.41) is 3.48. The van der Waals surface area contributed by atoms with E-state index < -0.39 is 0 Å². The molecule has 1 aliphatic heterocycles. The first-order valence-corrected chi connectivity index (χ1v) is 10.9. The van der Waals surface area contributed by atoms with Crippen LogP contribution in [0.2, 0.25) is 0 Å². The van der Waals surface area contributed by atoms with Crippen molar-refractivity contribution in [1.82, 2.24) is 5.32 Å². The summed E-state index contributed by atoms with van der Waals surface area (Å²) >= 11 is 0. The monoisotopic (exact) mass is 437 g/mol. The average Bonchev–Trinajstić information content (AvgIpc) is 3.70. The molecule has 3 aromatic carbocycles. The van der Waals surface area contributed by atoms with E-state index in [-0.39, 0.29) is 5.82 Å². The van der Waals surface area contributed by atoms with Crippen molar-refractivity contribution in [2.24, 2.45) is 15.7 Å². The molecular weight excluding hydrogens is 413 g/mol. The standard InChI is InChI=1S/C27H24FN5/c28-21-11-6-17(7-12-21)16-31-26(30)22-14-20(10-13-23(22)29)25-15-24(18-4-2-1-3-5-18)32-27(33-25)19-8-9-19/h1-7,10-15,32H,8-9,16,29H2,(H2,30,31). The maximum absolute atomic E-state index is 13.1. The molecule has 0 bridgehead atoms. The normalized spacial score (nSPS) is 15.6. The molecule has 6 heteroatoms. The van der Waals surface area contributed by atoms with Gasteiger partial charge in [-0.2, -0.15) is 0 Å². The number of hydrogen-bond acceptors (Lipinski definition) is 4. The Hall–Kier alpha value is -4.19. The molecule has 0 saturated heterocycles. The smallest absolute Gasteiger partial charge is 0.130 e. The second-order valence-corrected chi connectivity index (χ2v) is 8.13. The number of nitrogens with two attached hydrogens (primary N) is 2. The molecule has 5 nitrogen and oxygen atoms in total. The summed E-state index contributed by atoms with van der Waals surface area (Å²) in [5.74, 6) is 0.975. The van der Waals surface area contributed by atoms with Crippen LogP contribution < -0.4 is 16.8 Å². The molecule has 164 valence electrons. The third-order valence-corrected chi connectivity index (χ3v) is 5.66. The van der Waals surface area contributed by atoms with Crippen LogP contribution in [0.1, 0.15) is 35.1 Å². The van der Waals surface area contributed by atoms with Crippen molar-refractivity contribution in [3.63, 3.8) is 0 Å². The van der Waals surface area contributed by atoms with Crippen molar-refractivity contribution in [3.8, 4) is 0 Å². The van der Waals surface area contributed by atoms with E-state index in [9.17, 15) is 4.39 Å². The van der Waals surface area contributed by atoms with Gasteiger partial charge in [0.25, 0.3) is 0 Å². The summed E-state index contributed by atoms with van der Waals surface area (Å²) in [7, 11) is 0. The first-order chi connectivity index (χ1) is 16.1. The Morgan fingerprint density at radius 2 is 1.73 bits per heavy atom. The van der Waals surface area contributed by atoms with Gasteiger partial charge in [-0.25, -0.2) is 9.38 Å². The molecule has 0 atom stereocenters. The van der Waals surface area contributed by atoms with Gasteiger partial charge in [-0.05, 0) is 59.9 Å². The van der Waals surface area contributed by atoms with Crippen LogP contribution in [0.15, 0.2) is 100 Å². The number of nitrogens with one attached hydrogen (secondary N) is 1. The highest BCUT2D eigenvalue weighted by Gasteiger charge is 2.22. The van der Waals surface area contributed by atoms with Gasteiger partial charge in [0.15, 0.2) is 0 Å². The molecule has 0 radical (unpaired) electrons. The molecule has 0 spiro atoms. The number of rotatable bonds is 5. The lowest BCUT2D eigenvalue weighted by Crippen LogP contribution is -2.20. The van der Waals surface area contributed by atoms with Crippen molar-refractivity contribution in [1.29, 1.82) is 0 Å². The molecule has 1 heterocycles. The highest BCUT2D eigenvalue weighted by atomic mass is 19.1. The van der Waals surface area contributed by atoms with Gasteiger partial charge in [-0.3, -0.25) is 4.99 Å². The van der Waals surface area contributed by atoms with E-state index in [1.54, 1.807) is 12.1 Å². The lowest BCUT2D eigenvalue weighted by Gasteiger charge is -2.19. The Morgan fingerprint density at radius 1 is 0.970 bits per heavy atom. The maximum atomic E-state index is 13.1. The summed E-state index contributed by atoms with van der Waals surface area (Å²) < 4.78 is 13.1. The van der Waals surface area contributed by atoms with Crippen molar-refractivity contribution in [2.45, 2.75) is 19.4 Å². The molecule has 0 unspecified atom stereocenters. The Balaban J connectivity index is 1.48. The van der Waals surface area contributed by atoms with Crippen molar-refractivity contribution < 1.29 is 4.39 Å². The minimum atomic E-state index is -0.279. The predicted octanol–water partition coefficient (Wildman–Crippen LogP) is 4.75. The number of hydrogen-bond donors (Lipinski definition) is 3. The minimum absolute atomic E-state index is 0.279. The van der Waals surface area contributed by atoms with Crippen LogP contribution in [0.4, 0.5) is 10.1 Å². The SMILES string of the molecule is NC(=NCc1ccc(F)cc1)c1cc(C2=NC(=C3CC3)NC(c3ccccc3)=C2)ccc1N. The van der Waals surface area contributed by atoms with Crippen LogP contribution in [0, 0.1) is 5.82 Å². The predicted molar refractivity (Wildman–Crippen MR) is 132 cm³/mol. The van der Waals surface area contributed by atoms with Gasteiger partial charge in [-0.15, -0.1) is 0 Å². The average molecular weight is 438 g/mol. The van der Waals surface area contributed by atoms with Crippen LogP contribution in [0.5, 0.6) is 0 Å². The topological polar surface area (TPSA) is 88.8 Å². The van der Waals surface area contributed by atoms with Crippen molar-refractivity contribution >= 4 is 22.9 Å². The Labute approximate surface area is 192 Å². The number of anilines is 1. The summed E-state index contributed by atoms with van der Waals surface area (Å²) in [5.41, 5.74) is 19.8. The number of allylic oxidation sites excluding steroid dienone is 2. The van der Waals surface area contributed by atoms with Gasteiger partial charge >= 0.3 is 0 Å². The van der Waals surface area contributed by atoms with E-state index in [1.165, 1.54) is 17.7 Å². The van der Waals surface area contributed by atoms with Crippen molar-refractivity contribution in [2.75, 3.05) is 5.73 Å². The molecule has 3 aromatic rings. The van der Waals surface area contributed by atoms with Gasteiger partial charge in [0.1, 0.15) is 17.5 Å². The van der Waals surface area contributed by atoms with Crippen molar-refractivity contribution in [3.05, 3.63) is 118 Å². The fourth-order valence-electron chi connectivity index (χ4n) is 3.66. The second-order valence-electron chi connectivity index (χ2n) is 8.13. The Kier molecular flexibility index (Phi) is 5.48. The van der Waals surface area contributed by atoms with E-state index in [0.717, 1.165) is 46.8 Å². The van der Waals surface area contributed by atoms with E-state index in [0.29, 0.717) is 23.6 Å². The highest BCUT2D eigenvalue weighted by Crippen LogP contribution is 2.34. The molecule has 5 N–H and O–H groups in total. The summed E-state index contributed by atoms with van der Waals surface area (Å²) in [6.07, 6.45) is 4.18. The third-order valence-electron chi connectivity index (χ3n) is 5.66. The Bertz CT molecular complexity index is 1310. The second kappa shape index (κ2) is 8.74. The number of nitrogens with zero attached hydrogens (tertiary/aromatic N) is 2. The van der Waals surface area contributed by atoms with E-state index in [1.807, 2.05) is 42.5 Å². The fourth-order valence-corrected chi connectivity index (χ4v) is 3.66. The third kappa shape index (κ3) is 4.70. The van der Waals surface area contributed by atoms with Crippen LogP contribution >= 0.6 is 0 Å². The van der Waals surface area contributed by atoms with Crippen LogP contribution in [0.25, 0.3) is 5.70 Å². The maximum Gasteiger partial charge on any atom is 0.130 e. The fraction of sp³-hybridized carbons (Fsp3) is 0.111. The molecule has 33 heavy (non-hydrogen) atoms. The molecule has 1 saturated carbocycles. The number of nitrogen functional groups attached to an aromatic ring is 1. The first kappa shape index (κ1) is 20.7. The lowest BCUT2D eigenvalue weighted by molar-refractivity contribution is 0.627. The number of aliphatic imine (C=N–C) groups is 2. The zero-order chi connectivity index (χ0) is 22.8. The van der Waals surface area contributed by atoms with Gasteiger partial charge in [0.05, 0.1) is 12.3 Å². The van der Waals surface area contributed by atoms with Crippen LogP contribution in [-0.2, 0) is 6.54 Å². The Morgan fingerprint density at radius 3 is 2.45 bits per heavy atom. The largest absolute Gasteiger partial charge is 0.398 e. The zero-order valence-electron chi connectivity index (χ0n) is 18.1. The summed E-state index contributed by atoms with van der Waals surface area (Å²) in [6, 6.07) is 22.1. The van der Waals surface area contributed by atoms with Gasteiger partial charge in [0, 0.05) is 22.5 Å². The quantitative estimate of drug-likeness (QED) is 0.306. The molecule has 1 aliphatic carbocycles. The summed E-state index contributed by atoms with van der Waals surface area (Å²) in [6.45, 7) is 0.342.